The Morgan fingerprint density at radius 3 is 2.81 bits per heavy atom. The molecular weight excluding hydrogens is 412 g/mol. The first-order valence-corrected chi connectivity index (χ1v) is 11.3. The molecule has 0 amide bonds. The van der Waals surface area contributed by atoms with Gasteiger partial charge in [0, 0.05) is 18.5 Å². The molecule has 31 heavy (non-hydrogen) atoms. The molecular formula is C22H24N6O2S. The minimum absolute atomic E-state index is 0.0415. The van der Waals surface area contributed by atoms with Crippen LogP contribution in [0.25, 0.3) is 16.9 Å². The Kier molecular flexibility index (Phi) is 5.44. The van der Waals surface area contributed by atoms with Crippen LogP contribution in [-0.4, -0.2) is 55.5 Å². The summed E-state index contributed by atoms with van der Waals surface area (Å²) in [5.41, 5.74) is 3.62. The van der Waals surface area contributed by atoms with Gasteiger partial charge in [0.25, 0.3) is 0 Å². The standard InChI is InChI=1S/C22H24N6O2S/c29-12-16-2-1-10-27(16)22-25-20(23-9-7-15-3-5-18(30)6-4-15)19-21(26-22)28(14-24-19)17-8-11-31-13-17/h3-6,8,11,13-14,16,29-30H,1-2,7,9-10,12H2,(H,23,25,26). The summed E-state index contributed by atoms with van der Waals surface area (Å²) >= 11 is 1.63. The number of anilines is 2. The van der Waals surface area contributed by atoms with Crippen LogP contribution < -0.4 is 10.2 Å². The van der Waals surface area contributed by atoms with Crippen LogP contribution >= 0.6 is 11.3 Å². The van der Waals surface area contributed by atoms with Crippen LogP contribution in [0.1, 0.15) is 18.4 Å². The smallest absolute Gasteiger partial charge is 0.229 e. The number of phenols is 1. The summed E-state index contributed by atoms with van der Waals surface area (Å²) in [6, 6.07) is 9.30. The van der Waals surface area contributed by atoms with E-state index in [-0.39, 0.29) is 18.4 Å². The predicted octanol–water partition coefficient (Wildman–Crippen LogP) is 3.20. The maximum atomic E-state index is 9.79. The number of hydrogen-bond donors (Lipinski definition) is 3. The van der Waals surface area contributed by atoms with Crippen molar-refractivity contribution in [3.05, 3.63) is 53.0 Å². The second kappa shape index (κ2) is 8.52. The number of aliphatic hydroxyl groups excluding tert-OH is 1. The van der Waals surface area contributed by atoms with E-state index in [1.165, 1.54) is 0 Å². The van der Waals surface area contributed by atoms with Crippen molar-refractivity contribution < 1.29 is 10.2 Å². The van der Waals surface area contributed by atoms with Crippen LogP contribution in [0.4, 0.5) is 11.8 Å². The van der Waals surface area contributed by atoms with Crippen LogP contribution in [0.5, 0.6) is 5.75 Å². The lowest BCUT2D eigenvalue weighted by atomic mass is 10.1. The summed E-state index contributed by atoms with van der Waals surface area (Å²) in [5.74, 6) is 1.58. The molecule has 0 spiro atoms. The molecule has 9 heteroatoms. The molecule has 0 saturated carbocycles. The molecule has 3 N–H and O–H groups in total. The first kappa shape index (κ1) is 19.8. The summed E-state index contributed by atoms with van der Waals surface area (Å²) in [5, 5.41) is 26.8. The second-order valence-electron chi connectivity index (χ2n) is 7.66. The largest absolute Gasteiger partial charge is 0.508 e. The highest BCUT2D eigenvalue weighted by Crippen LogP contribution is 2.29. The molecule has 0 bridgehead atoms. The van der Waals surface area contributed by atoms with E-state index in [9.17, 15) is 10.2 Å². The monoisotopic (exact) mass is 436 g/mol. The van der Waals surface area contributed by atoms with Crippen molar-refractivity contribution in [1.82, 2.24) is 19.5 Å². The molecule has 1 aliphatic rings. The second-order valence-corrected chi connectivity index (χ2v) is 8.44. The molecule has 160 valence electrons. The minimum atomic E-state index is 0.0415. The number of hydrogen-bond acceptors (Lipinski definition) is 8. The van der Waals surface area contributed by atoms with E-state index in [1.807, 2.05) is 28.1 Å². The fourth-order valence-electron chi connectivity index (χ4n) is 4.00. The van der Waals surface area contributed by atoms with Gasteiger partial charge in [-0.15, -0.1) is 0 Å². The molecule has 8 nitrogen and oxygen atoms in total. The zero-order valence-electron chi connectivity index (χ0n) is 17.0. The van der Waals surface area contributed by atoms with Crippen molar-refractivity contribution in [2.24, 2.45) is 0 Å². The average molecular weight is 437 g/mol. The molecule has 3 aromatic heterocycles. The number of fused-ring (bicyclic) bond motifs is 1. The number of aromatic nitrogens is 4. The molecule has 1 aromatic carbocycles. The third-order valence-corrected chi connectivity index (χ3v) is 6.33. The molecule has 0 aliphatic carbocycles. The Morgan fingerprint density at radius 2 is 2.03 bits per heavy atom. The lowest BCUT2D eigenvalue weighted by Gasteiger charge is -2.23. The zero-order valence-corrected chi connectivity index (χ0v) is 17.8. The van der Waals surface area contributed by atoms with E-state index in [0.717, 1.165) is 48.2 Å². The highest BCUT2D eigenvalue weighted by atomic mass is 32.1. The van der Waals surface area contributed by atoms with Gasteiger partial charge in [-0.2, -0.15) is 21.3 Å². The van der Waals surface area contributed by atoms with E-state index in [4.69, 9.17) is 9.97 Å². The predicted molar refractivity (Wildman–Crippen MR) is 122 cm³/mol. The maximum Gasteiger partial charge on any atom is 0.229 e. The zero-order chi connectivity index (χ0) is 21.2. The molecule has 4 heterocycles. The van der Waals surface area contributed by atoms with Gasteiger partial charge in [-0.25, -0.2) is 4.98 Å². The third kappa shape index (κ3) is 3.94. The van der Waals surface area contributed by atoms with Gasteiger partial charge in [0.1, 0.15) is 12.1 Å². The van der Waals surface area contributed by atoms with Gasteiger partial charge in [0.2, 0.25) is 5.95 Å². The van der Waals surface area contributed by atoms with E-state index in [2.05, 4.69) is 20.6 Å². The Balaban J connectivity index is 1.48. The normalized spacial score (nSPS) is 16.3. The number of rotatable bonds is 7. The number of thiophene rings is 1. The van der Waals surface area contributed by atoms with E-state index >= 15 is 0 Å². The van der Waals surface area contributed by atoms with Crippen LogP contribution in [0.3, 0.4) is 0 Å². The third-order valence-electron chi connectivity index (χ3n) is 5.66. The quantitative estimate of drug-likeness (QED) is 0.409. The van der Waals surface area contributed by atoms with Crippen LogP contribution in [-0.2, 0) is 6.42 Å². The van der Waals surface area contributed by atoms with Crippen molar-refractivity contribution in [1.29, 1.82) is 0 Å². The van der Waals surface area contributed by atoms with Gasteiger partial charge in [-0.3, -0.25) is 4.57 Å². The molecule has 1 saturated heterocycles. The van der Waals surface area contributed by atoms with Gasteiger partial charge < -0.3 is 20.4 Å². The van der Waals surface area contributed by atoms with Crippen molar-refractivity contribution in [3.8, 4) is 11.4 Å². The van der Waals surface area contributed by atoms with E-state index in [1.54, 1.807) is 29.8 Å². The Bertz CT molecular complexity index is 1160. The van der Waals surface area contributed by atoms with Crippen LogP contribution in [0, 0.1) is 0 Å². The van der Waals surface area contributed by atoms with Gasteiger partial charge in [-0.05, 0) is 48.4 Å². The topological polar surface area (TPSA) is 99.3 Å². The number of nitrogens with zero attached hydrogens (tertiary/aromatic N) is 5. The number of benzene rings is 1. The van der Waals surface area contributed by atoms with Crippen LogP contribution in [0.2, 0.25) is 0 Å². The Morgan fingerprint density at radius 1 is 1.16 bits per heavy atom. The number of aliphatic hydroxyl groups is 1. The van der Waals surface area contributed by atoms with Crippen LogP contribution in [0.15, 0.2) is 47.4 Å². The summed E-state index contributed by atoms with van der Waals surface area (Å²) in [6.45, 7) is 1.59. The molecule has 1 fully saturated rings. The number of aromatic hydroxyl groups is 1. The molecule has 5 rings (SSSR count). The number of phenolic OH excluding ortho intramolecular Hbond substituents is 1. The maximum absolute atomic E-state index is 9.79. The van der Waals surface area contributed by atoms with E-state index < -0.39 is 0 Å². The average Bonchev–Trinajstić information content (AvgIpc) is 3.54. The van der Waals surface area contributed by atoms with Crippen molar-refractivity contribution in [2.75, 3.05) is 29.9 Å². The summed E-state index contributed by atoms with van der Waals surface area (Å²) in [7, 11) is 0. The first-order chi connectivity index (χ1) is 15.2. The number of nitrogens with one attached hydrogen (secondary N) is 1. The fourth-order valence-corrected chi connectivity index (χ4v) is 4.63. The van der Waals surface area contributed by atoms with Gasteiger partial charge in [-0.1, -0.05) is 12.1 Å². The Hall–Kier alpha value is -3.17. The highest BCUT2D eigenvalue weighted by Gasteiger charge is 2.27. The SMILES string of the molecule is OCC1CCCN1c1nc(NCCc2ccc(O)cc2)c2ncn(-c3ccsc3)c2n1. The highest BCUT2D eigenvalue weighted by molar-refractivity contribution is 7.08. The molecule has 1 aliphatic heterocycles. The summed E-state index contributed by atoms with van der Waals surface area (Å²) in [4.78, 5) is 16.3. The van der Waals surface area contributed by atoms with Crippen molar-refractivity contribution >= 4 is 34.3 Å². The first-order valence-electron chi connectivity index (χ1n) is 10.4. The van der Waals surface area contributed by atoms with Gasteiger partial charge in [0.15, 0.2) is 17.0 Å². The molecule has 1 unspecified atom stereocenters. The van der Waals surface area contributed by atoms with Gasteiger partial charge >= 0.3 is 0 Å². The molecule has 0 radical (unpaired) electrons. The molecule has 1 atom stereocenters. The van der Waals surface area contributed by atoms with E-state index in [0.29, 0.717) is 18.3 Å². The minimum Gasteiger partial charge on any atom is -0.508 e. The number of imidazole rings is 1. The lowest BCUT2D eigenvalue weighted by Crippen LogP contribution is -2.33. The summed E-state index contributed by atoms with van der Waals surface area (Å²) in [6.07, 6.45) is 4.52. The fraction of sp³-hybridized carbons (Fsp3) is 0.318. The molecule has 4 aromatic rings. The summed E-state index contributed by atoms with van der Waals surface area (Å²) < 4.78 is 1.98. The van der Waals surface area contributed by atoms with Crippen molar-refractivity contribution in [3.63, 3.8) is 0 Å². The Labute approximate surface area is 183 Å². The van der Waals surface area contributed by atoms with Gasteiger partial charge in [0.05, 0.1) is 18.3 Å². The lowest BCUT2D eigenvalue weighted by molar-refractivity contribution is 0.265. The van der Waals surface area contributed by atoms with Crippen molar-refractivity contribution in [2.45, 2.75) is 25.3 Å².